The number of carbonyl (C=O) groups is 1. The summed E-state index contributed by atoms with van der Waals surface area (Å²) in [6.45, 7) is 2.12. The Bertz CT molecular complexity index is 950. The molecule has 0 N–H and O–H groups in total. The average Bonchev–Trinajstić information content (AvgIpc) is 3.09. The van der Waals surface area contributed by atoms with E-state index >= 15 is 0 Å². The maximum Gasteiger partial charge on any atom is 0.306 e. The molecule has 26 heavy (non-hydrogen) atoms. The molecule has 1 heterocycles. The van der Waals surface area contributed by atoms with Crippen LogP contribution >= 0.6 is 0 Å². The molecule has 0 aliphatic rings. The third-order valence-corrected chi connectivity index (χ3v) is 4.20. The summed E-state index contributed by atoms with van der Waals surface area (Å²) in [5.74, 6) is 0.838. The Kier molecular flexibility index (Phi) is 5.23. The van der Waals surface area contributed by atoms with Crippen LogP contribution in [-0.4, -0.2) is 19.7 Å². The van der Waals surface area contributed by atoms with Gasteiger partial charge in [0.05, 0.1) is 37.7 Å². The van der Waals surface area contributed by atoms with Crippen LogP contribution in [0.4, 0.5) is 0 Å². The highest BCUT2D eigenvalue weighted by Crippen LogP contribution is 2.34. The van der Waals surface area contributed by atoms with E-state index in [0.29, 0.717) is 23.5 Å². The van der Waals surface area contributed by atoms with Crippen LogP contribution in [0.15, 0.2) is 52.9 Å². The number of hydrogen-bond acceptors (Lipinski definition) is 5. The van der Waals surface area contributed by atoms with E-state index in [1.165, 1.54) is 0 Å². The van der Waals surface area contributed by atoms with Gasteiger partial charge < -0.3 is 13.9 Å². The van der Waals surface area contributed by atoms with Crippen molar-refractivity contribution in [2.75, 3.05) is 13.7 Å². The number of furan rings is 1. The lowest BCUT2D eigenvalue weighted by molar-refractivity contribution is -0.143. The minimum Gasteiger partial charge on any atom is -0.497 e. The number of rotatable bonds is 6. The molecular formula is C21H19NO4. The zero-order chi connectivity index (χ0) is 18.5. The lowest BCUT2D eigenvalue weighted by Gasteiger charge is -2.15. The molecule has 5 heteroatoms. The first kappa shape index (κ1) is 17.6. The molecule has 1 aromatic heterocycles. The number of ether oxygens (including phenoxy) is 2. The topological polar surface area (TPSA) is 72.5 Å². The molecular weight excluding hydrogens is 330 g/mol. The summed E-state index contributed by atoms with van der Waals surface area (Å²) < 4.78 is 16.3. The largest absolute Gasteiger partial charge is 0.497 e. The van der Waals surface area contributed by atoms with Crippen molar-refractivity contribution in [2.45, 2.75) is 19.3 Å². The third-order valence-electron chi connectivity index (χ3n) is 4.20. The van der Waals surface area contributed by atoms with E-state index in [4.69, 9.17) is 19.2 Å². The molecule has 0 aliphatic heterocycles. The van der Waals surface area contributed by atoms with Crippen molar-refractivity contribution >= 4 is 16.9 Å². The van der Waals surface area contributed by atoms with Crippen molar-refractivity contribution in [3.05, 3.63) is 65.4 Å². The number of benzene rings is 2. The van der Waals surface area contributed by atoms with Gasteiger partial charge in [-0.3, -0.25) is 4.79 Å². The predicted octanol–water partition coefficient (Wildman–Crippen LogP) is 4.40. The highest BCUT2D eigenvalue weighted by molar-refractivity contribution is 5.80. The fourth-order valence-corrected chi connectivity index (χ4v) is 2.91. The van der Waals surface area contributed by atoms with E-state index in [1.54, 1.807) is 32.2 Å². The van der Waals surface area contributed by atoms with Crippen LogP contribution in [0.5, 0.6) is 5.75 Å². The first-order chi connectivity index (χ1) is 12.6. The SMILES string of the molecule is CCOC(=O)CC(c1ccc(OC)cc1)c1cc2cc(C#N)ccc2o1. The fraction of sp³-hybridized carbons (Fsp3) is 0.238. The number of methoxy groups -OCH3 is 1. The lowest BCUT2D eigenvalue weighted by Crippen LogP contribution is -2.11. The Morgan fingerprint density at radius 2 is 1.96 bits per heavy atom. The summed E-state index contributed by atoms with van der Waals surface area (Å²) in [6, 6.07) is 16.8. The number of esters is 1. The van der Waals surface area contributed by atoms with Crippen LogP contribution in [0.25, 0.3) is 11.0 Å². The number of nitriles is 1. The third kappa shape index (κ3) is 3.70. The van der Waals surface area contributed by atoms with Gasteiger partial charge in [-0.2, -0.15) is 5.26 Å². The second-order valence-electron chi connectivity index (χ2n) is 5.85. The van der Waals surface area contributed by atoms with E-state index in [1.807, 2.05) is 30.3 Å². The minimum absolute atomic E-state index is 0.172. The first-order valence-corrected chi connectivity index (χ1v) is 8.37. The van der Waals surface area contributed by atoms with Crippen molar-refractivity contribution in [1.29, 1.82) is 5.26 Å². The molecule has 0 radical (unpaired) electrons. The lowest BCUT2D eigenvalue weighted by atomic mass is 9.93. The standard InChI is InChI=1S/C21H19NO4/c1-3-25-21(23)12-18(15-5-7-17(24-2)8-6-15)20-11-16-10-14(13-22)4-9-19(16)26-20/h4-11,18H,3,12H2,1-2H3. The zero-order valence-corrected chi connectivity index (χ0v) is 14.7. The van der Waals surface area contributed by atoms with Crippen LogP contribution in [-0.2, 0) is 9.53 Å². The minimum atomic E-state index is -0.286. The molecule has 0 amide bonds. The van der Waals surface area contributed by atoms with Crippen molar-refractivity contribution in [2.24, 2.45) is 0 Å². The molecule has 1 unspecified atom stereocenters. The van der Waals surface area contributed by atoms with E-state index < -0.39 is 0 Å². The van der Waals surface area contributed by atoms with Crippen LogP contribution in [0.1, 0.15) is 36.1 Å². The Hall–Kier alpha value is -3.26. The molecule has 5 nitrogen and oxygen atoms in total. The van der Waals surface area contributed by atoms with Gasteiger partial charge in [0.2, 0.25) is 0 Å². The van der Waals surface area contributed by atoms with E-state index in [9.17, 15) is 4.79 Å². The van der Waals surface area contributed by atoms with Crippen molar-refractivity contribution in [1.82, 2.24) is 0 Å². The Labute approximate surface area is 151 Å². The second kappa shape index (κ2) is 7.75. The highest BCUT2D eigenvalue weighted by atomic mass is 16.5. The van der Waals surface area contributed by atoms with Gasteiger partial charge in [0.15, 0.2) is 0 Å². The smallest absolute Gasteiger partial charge is 0.306 e. The van der Waals surface area contributed by atoms with Gasteiger partial charge in [-0.25, -0.2) is 0 Å². The summed E-state index contributed by atoms with van der Waals surface area (Å²) in [4.78, 5) is 12.1. The number of carbonyl (C=O) groups excluding carboxylic acids is 1. The maximum atomic E-state index is 12.1. The Morgan fingerprint density at radius 3 is 2.62 bits per heavy atom. The second-order valence-corrected chi connectivity index (χ2v) is 5.85. The van der Waals surface area contributed by atoms with Gasteiger partial charge in [0, 0.05) is 5.39 Å². The van der Waals surface area contributed by atoms with Crippen molar-refractivity contribution < 1.29 is 18.7 Å². The van der Waals surface area contributed by atoms with Gasteiger partial charge in [0.25, 0.3) is 0 Å². The average molecular weight is 349 g/mol. The van der Waals surface area contributed by atoms with E-state index in [2.05, 4.69) is 6.07 Å². The van der Waals surface area contributed by atoms with Gasteiger partial charge in [-0.1, -0.05) is 12.1 Å². The monoisotopic (exact) mass is 349 g/mol. The fourth-order valence-electron chi connectivity index (χ4n) is 2.91. The normalized spacial score (nSPS) is 11.7. The molecule has 3 aromatic rings. The molecule has 0 saturated carbocycles. The van der Waals surface area contributed by atoms with Crippen molar-refractivity contribution in [3.8, 4) is 11.8 Å². The van der Waals surface area contributed by atoms with Gasteiger partial charge in [-0.15, -0.1) is 0 Å². The predicted molar refractivity (Wildman–Crippen MR) is 97.0 cm³/mol. The maximum absolute atomic E-state index is 12.1. The molecule has 132 valence electrons. The van der Waals surface area contributed by atoms with Crippen LogP contribution in [0.3, 0.4) is 0 Å². The molecule has 3 rings (SSSR count). The van der Waals surface area contributed by atoms with Crippen LogP contribution in [0, 0.1) is 11.3 Å². The molecule has 0 fully saturated rings. The first-order valence-electron chi connectivity index (χ1n) is 8.37. The van der Waals surface area contributed by atoms with Crippen molar-refractivity contribution in [3.63, 3.8) is 0 Å². The molecule has 2 aromatic carbocycles. The number of hydrogen-bond donors (Lipinski definition) is 0. The molecule has 0 aliphatic carbocycles. The number of nitrogens with zero attached hydrogens (tertiary/aromatic N) is 1. The summed E-state index contributed by atoms with van der Waals surface area (Å²) in [5, 5.41) is 9.90. The van der Waals surface area contributed by atoms with Crippen LogP contribution in [0.2, 0.25) is 0 Å². The van der Waals surface area contributed by atoms with Gasteiger partial charge in [-0.05, 0) is 48.9 Å². The number of fused-ring (bicyclic) bond motifs is 1. The van der Waals surface area contributed by atoms with Gasteiger partial charge in [0.1, 0.15) is 17.1 Å². The van der Waals surface area contributed by atoms with E-state index in [0.717, 1.165) is 16.7 Å². The zero-order valence-electron chi connectivity index (χ0n) is 14.7. The summed E-state index contributed by atoms with van der Waals surface area (Å²) in [6.07, 6.45) is 0.172. The molecule has 0 saturated heterocycles. The molecule has 1 atom stereocenters. The van der Waals surface area contributed by atoms with E-state index in [-0.39, 0.29) is 18.3 Å². The molecule has 0 bridgehead atoms. The quantitative estimate of drug-likeness (QED) is 0.617. The summed E-state index contributed by atoms with van der Waals surface area (Å²) in [5.41, 5.74) is 2.18. The summed E-state index contributed by atoms with van der Waals surface area (Å²) in [7, 11) is 1.61. The van der Waals surface area contributed by atoms with Gasteiger partial charge >= 0.3 is 5.97 Å². The summed E-state index contributed by atoms with van der Waals surface area (Å²) >= 11 is 0. The Morgan fingerprint density at radius 1 is 1.19 bits per heavy atom. The molecule has 0 spiro atoms. The highest BCUT2D eigenvalue weighted by Gasteiger charge is 2.23. The van der Waals surface area contributed by atoms with Crippen LogP contribution < -0.4 is 4.74 Å². The Balaban J connectivity index is 2.01.